The van der Waals surface area contributed by atoms with Crippen LogP contribution in [0.2, 0.25) is 0 Å². The molecule has 2 aliphatic rings. The Bertz CT molecular complexity index is 301. The number of piperazine rings is 1. The summed E-state index contributed by atoms with van der Waals surface area (Å²) in [5.74, 6) is 0. The van der Waals surface area contributed by atoms with Gasteiger partial charge in [-0.1, -0.05) is 27.2 Å². The van der Waals surface area contributed by atoms with Crippen LogP contribution in [0.15, 0.2) is 0 Å². The molecule has 124 valence electrons. The van der Waals surface area contributed by atoms with Crippen molar-refractivity contribution in [3.8, 4) is 0 Å². The first-order valence-electron chi connectivity index (χ1n) is 9.33. The lowest BCUT2D eigenvalue weighted by molar-refractivity contribution is -0.00894. The van der Waals surface area contributed by atoms with Crippen molar-refractivity contribution < 1.29 is 0 Å². The van der Waals surface area contributed by atoms with E-state index in [0.717, 1.165) is 18.6 Å². The van der Waals surface area contributed by atoms with Gasteiger partial charge in [-0.05, 0) is 51.1 Å². The Balaban J connectivity index is 1.98. The molecule has 2 saturated heterocycles. The van der Waals surface area contributed by atoms with Gasteiger partial charge in [-0.25, -0.2) is 0 Å². The molecule has 3 nitrogen and oxygen atoms in total. The maximum Gasteiger partial charge on any atom is 0.0223 e. The van der Waals surface area contributed by atoms with E-state index < -0.39 is 0 Å². The highest BCUT2D eigenvalue weighted by Crippen LogP contribution is 2.31. The predicted molar refractivity (Wildman–Crippen MR) is 91.8 cm³/mol. The first-order chi connectivity index (χ1) is 10.1. The van der Waals surface area contributed by atoms with Crippen molar-refractivity contribution in [1.82, 2.24) is 15.1 Å². The summed E-state index contributed by atoms with van der Waals surface area (Å²) in [5.41, 5.74) is 0.459. The third kappa shape index (κ3) is 4.20. The average Bonchev–Trinajstić information content (AvgIpc) is 2.52. The molecule has 3 heteroatoms. The quantitative estimate of drug-likeness (QED) is 0.779. The van der Waals surface area contributed by atoms with E-state index >= 15 is 0 Å². The van der Waals surface area contributed by atoms with E-state index in [2.05, 4.69) is 42.8 Å². The van der Waals surface area contributed by atoms with E-state index in [1.54, 1.807) is 0 Å². The Morgan fingerprint density at radius 2 is 1.86 bits per heavy atom. The second-order valence-corrected chi connectivity index (χ2v) is 7.41. The minimum Gasteiger partial charge on any atom is -0.316 e. The van der Waals surface area contributed by atoms with Gasteiger partial charge in [0.25, 0.3) is 0 Å². The fourth-order valence-electron chi connectivity index (χ4n) is 4.23. The largest absolute Gasteiger partial charge is 0.316 e. The number of piperidine rings is 1. The Morgan fingerprint density at radius 1 is 1.10 bits per heavy atom. The summed E-state index contributed by atoms with van der Waals surface area (Å²) >= 11 is 0. The van der Waals surface area contributed by atoms with Gasteiger partial charge in [-0.2, -0.15) is 0 Å². The molecule has 0 bridgehead atoms. The van der Waals surface area contributed by atoms with Crippen LogP contribution >= 0.6 is 0 Å². The van der Waals surface area contributed by atoms with Crippen LogP contribution in [0.4, 0.5) is 0 Å². The Labute approximate surface area is 132 Å². The van der Waals surface area contributed by atoms with Crippen LogP contribution in [-0.2, 0) is 0 Å². The van der Waals surface area contributed by atoms with Crippen molar-refractivity contribution in [1.29, 1.82) is 0 Å². The van der Waals surface area contributed by atoms with Crippen molar-refractivity contribution in [2.45, 2.75) is 71.9 Å². The molecule has 0 aromatic rings. The monoisotopic (exact) mass is 295 g/mol. The van der Waals surface area contributed by atoms with Gasteiger partial charge < -0.3 is 5.32 Å². The van der Waals surface area contributed by atoms with E-state index in [1.165, 1.54) is 64.8 Å². The topological polar surface area (TPSA) is 18.5 Å². The van der Waals surface area contributed by atoms with Crippen molar-refractivity contribution >= 4 is 0 Å². The van der Waals surface area contributed by atoms with Crippen LogP contribution in [0.1, 0.15) is 59.8 Å². The van der Waals surface area contributed by atoms with E-state index in [1.807, 2.05) is 0 Å². The van der Waals surface area contributed by atoms with Crippen LogP contribution in [0, 0.1) is 5.41 Å². The molecule has 2 atom stereocenters. The molecule has 2 fully saturated rings. The zero-order valence-electron chi connectivity index (χ0n) is 14.8. The van der Waals surface area contributed by atoms with Gasteiger partial charge in [-0.15, -0.1) is 0 Å². The standard InChI is InChI=1S/C18H37N3/c1-5-18(6-2,14-19-7-3)15-21-13-17-10-8-9-11-20(17)12-16(21)4/h16-17,19H,5-15H2,1-4H3. The summed E-state index contributed by atoms with van der Waals surface area (Å²) in [5, 5.41) is 3.61. The normalized spacial score (nSPS) is 28.6. The highest BCUT2D eigenvalue weighted by Gasteiger charge is 2.37. The highest BCUT2D eigenvalue weighted by atomic mass is 15.3. The summed E-state index contributed by atoms with van der Waals surface area (Å²) < 4.78 is 0. The van der Waals surface area contributed by atoms with Crippen LogP contribution in [0.3, 0.4) is 0 Å². The molecule has 2 aliphatic heterocycles. The number of nitrogens with one attached hydrogen (secondary N) is 1. The molecule has 2 unspecified atom stereocenters. The summed E-state index contributed by atoms with van der Waals surface area (Å²) in [6, 6.07) is 1.55. The first-order valence-corrected chi connectivity index (χ1v) is 9.33. The second-order valence-electron chi connectivity index (χ2n) is 7.41. The number of fused-ring (bicyclic) bond motifs is 1. The number of rotatable bonds is 7. The molecule has 0 spiro atoms. The lowest BCUT2D eigenvalue weighted by Crippen LogP contribution is -2.60. The van der Waals surface area contributed by atoms with Crippen molar-refractivity contribution in [2.75, 3.05) is 39.3 Å². The molecule has 0 aromatic heterocycles. The molecule has 0 saturated carbocycles. The minimum atomic E-state index is 0.459. The third-order valence-corrected chi connectivity index (χ3v) is 6.10. The Hall–Kier alpha value is -0.120. The highest BCUT2D eigenvalue weighted by molar-refractivity contribution is 4.92. The molecule has 1 N–H and O–H groups in total. The molecule has 2 heterocycles. The van der Waals surface area contributed by atoms with Gasteiger partial charge in [0.05, 0.1) is 0 Å². The van der Waals surface area contributed by atoms with E-state index in [0.29, 0.717) is 5.41 Å². The molecular formula is C18H37N3. The molecule has 21 heavy (non-hydrogen) atoms. The third-order valence-electron chi connectivity index (χ3n) is 6.10. The van der Waals surface area contributed by atoms with Gasteiger partial charge >= 0.3 is 0 Å². The fraction of sp³-hybridized carbons (Fsp3) is 1.00. The maximum absolute atomic E-state index is 3.61. The fourth-order valence-corrected chi connectivity index (χ4v) is 4.23. The number of hydrogen-bond acceptors (Lipinski definition) is 3. The Kier molecular flexibility index (Phi) is 6.51. The lowest BCUT2D eigenvalue weighted by atomic mass is 9.80. The van der Waals surface area contributed by atoms with Crippen molar-refractivity contribution in [3.05, 3.63) is 0 Å². The molecule has 0 radical (unpaired) electrons. The molecule has 0 aromatic carbocycles. The van der Waals surface area contributed by atoms with E-state index in [-0.39, 0.29) is 0 Å². The molecule has 0 amide bonds. The van der Waals surface area contributed by atoms with Crippen LogP contribution < -0.4 is 5.32 Å². The second kappa shape index (κ2) is 7.94. The average molecular weight is 296 g/mol. The van der Waals surface area contributed by atoms with Gasteiger partial charge in [0, 0.05) is 38.3 Å². The van der Waals surface area contributed by atoms with E-state index in [9.17, 15) is 0 Å². The summed E-state index contributed by atoms with van der Waals surface area (Å²) in [6.07, 6.45) is 6.84. The number of hydrogen-bond donors (Lipinski definition) is 1. The lowest BCUT2D eigenvalue weighted by Gasteiger charge is -2.50. The van der Waals surface area contributed by atoms with Crippen LogP contribution in [-0.4, -0.2) is 61.2 Å². The summed E-state index contributed by atoms with van der Waals surface area (Å²) in [6.45, 7) is 16.9. The minimum absolute atomic E-state index is 0.459. The van der Waals surface area contributed by atoms with Gasteiger partial charge in [-0.3, -0.25) is 9.80 Å². The Morgan fingerprint density at radius 3 is 2.52 bits per heavy atom. The molecule has 0 aliphatic carbocycles. The predicted octanol–water partition coefficient (Wildman–Crippen LogP) is 2.96. The van der Waals surface area contributed by atoms with Crippen LogP contribution in [0.25, 0.3) is 0 Å². The van der Waals surface area contributed by atoms with Gasteiger partial charge in [0.15, 0.2) is 0 Å². The molecular weight excluding hydrogens is 258 g/mol. The van der Waals surface area contributed by atoms with Crippen molar-refractivity contribution in [3.63, 3.8) is 0 Å². The summed E-state index contributed by atoms with van der Waals surface area (Å²) in [4.78, 5) is 5.56. The van der Waals surface area contributed by atoms with Crippen LogP contribution in [0.5, 0.6) is 0 Å². The smallest absolute Gasteiger partial charge is 0.0223 e. The maximum atomic E-state index is 3.61. The van der Waals surface area contributed by atoms with Gasteiger partial charge in [0.1, 0.15) is 0 Å². The zero-order chi connectivity index (χ0) is 15.3. The van der Waals surface area contributed by atoms with Crippen molar-refractivity contribution in [2.24, 2.45) is 5.41 Å². The summed E-state index contributed by atoms with van der Waals surface area (Å²) in [7, 11) is 0. The van der Waals surface area contributed by atoms with E-state index in [4.69, 9.17) is 0 Å². The zero-order valence-corrected chi connectivity index (χ0v) is 14.8. The first kappa shape index (κ1) is 17.2. The van der Waals surface area contributed by atoms with Gasteiger partial charge in [0.2, 0.25) is 0 Å². The SMILES string of the molecule is CCNCC(CC)(CC)CN1CC2CCCCN2CC1C. The molecule has 2 rings (SSSR count). The number of nitrogens with zero attached hydrogens (tertiary/aromatic N) is 2.